The number of piperidine rings is 1. The predicted octanol–water partition coefficient (Wildman–Crippen LogP) is 3.26. The molecule has 1 aromatic rings. The van der Waals surface area contributed by atoms with Crippen LogP contribution in [0.15, 0.2) is 29.3 Å². The minimum atomic E-state index is -4.39. The standard InChI is InChI=1S/C22H35F3N4O2/c1-3-19(31-20-8-5-7-17(15-20)22(23,24)25)16-28-21(26-4-2)27-11-6-12-29-13-9-18(30)10-14-29/h5,7-8,15,18-19,30H,3-4,6,9-14,16H2,1-2H3,(H2,26,27,28). The third-order valence-corrected chi connectivity index (χ3v) is 5.22. The molecule has 176 valence electrons. The van der Waals surface area contributed by atoms with Crippen LogP contribution in [-0.4, -0.2) is 67.4 Å². The first kappa shape index (κ1) is 25.3. The maximum atomic E-state index is 12.9. The van der Waals surface area contributed by atoms with Crippen LogP contribution >= 0.6 is 0 Å². The second-order valence-electron chi connectivity index (χ2n) is 7.75. The fraction of sp³-hybridized carbons (Fsp3) is 0.682. The van der Waals surface area contributed by atoms with Crippen molar-refractivity contribution in [2.24, 2.45) is 4.99 Å². The molecule has 2 rings (SSSR count). The summed E-state index contributed by atoms with van der Waals surface area (Å²) >= 11 is 0. The lowest BCUT2D eigenvalue weighted by molar-refractivity contribution is -0.137. The van der Waals surface area contributed by atoms with E-state index in [9.17, 15) is 18.3 Å². The van der Waals surface area contributed by atoms with Crippen LogP contribution in [0.2, 0.25) is 0 Å². The number of rotatable bonds is 10. The molecule has 0 bridgehead atoms. The Labute approximate surface area is 182 Å². The van der Waals surface area contributed by atoms with Crippen molar-refractivity contribution in [2.75, 3.05) is 39.3 Å². The normalized spacial score (nSPS) is 17.4. The van der Waals surface area contributed by atoms with Crippen molar-refractivity contribution in [3.8, 4) is 5.75 Å². The molecule has 1 heterocycles. The molecule has 0 saturated carbocycles. The Morgan fingerprint density at radius 2 is 2.00 bits per heavy atom. The van der Waals surface area contributed by atoms with E-state index >= 15 is 0 Å². The molecular weight excluding hydrogens is 409 g/mol. The average Bonchev–Trinajstić information content (AvgIpc) is 2.74. The molecule has 9 heteroatoms. The van der Waals surface area contributed by atoms with Gasteiger partial charge in [-0.15, -0.1) is 0 Å². The summed E-state index contributed by atoms with van der Waals surface area (Å²) in [6.45, 7) is 8.54. The van der Waals surface area contributed by atoms with E-state index < -0.39 is 11.7 Å². The molecule has 0 aromatic heterocycles. The van der Waals surface area contributed by atoms with Gasteiger partial charge in [0.15, 0.2) is 5.96 Å². The van der Waals surface area contributed by atoms with Gasteiger partial charge >= 0.3 is 6.18 Å². The lowest BCUT2D eigenvalue weighted by atomic mass is 10.1. The molecule has 6 nitrogen and oxygen atoms in total. The van der Waals surface area contributed by atoms with Gasteiger partial charge in [-0.25, -0.2) is 4.99 Å². The summed E-state index contributed by atoms with van der Waals surface area (Å²) < 4.78 is 44.5. The van der Waals surface area contributed by atoms with Crippen LogP contribution in [0.25, 0.3) is 0 Å². The smallest absolute Gasteiger partial charge is 0.416 e. The zero-order chi connectivity index (χ0) is 22.7. The van der Waals surface area contributed by atoms with E-state index in [1.54, 1.807) is 0 Å². The van der Waals surface area contributed by atoms with E-state index in [1.165, 1.54) is 12.1 Å². The second kappa shape index (κ2) is 12.8. The maximum absolute atomic E-state index is 12.9. The van der Waals surface area contributed by atoms with Gasteiger partial charge in [-0.3, -0.25) is 0 Å². The van der Waals surface area contributed by atoms with Gasteiger partial charge in [0, 0.05) is 26.2 Å². The molecule has 0 spiro atoms. The number of halogens is 3. The van der Waals surface area contributed by atoms with Gasteiger partial charge in [0.1, 0.15) is 11.9 Å². The van der Waals surface area contributed by atoms with Crippen LogP contribution in [0.4, 0.5) is 13.2 Å². The number of guanidine groups is 1. The number of aliphatic hydroxyl groups is 1. The molecule has 1 unspecified atom stereocenters. The maximum Gasteiger partial charge on any atom is 0.416 e. The van der Waals surface area contributed by atoms with E-state index in [0.717, 1.165) is 57.6 Å². The minimum absolute atomic E-state index is 0.161. The zero-order valence-electron chi connectivity index (χ0n) is 18.4. The Hall–Kier alpha value is -2.00. The quantitative estimate of drug-likeness (QED) is 0.294. The Morgan fingerprint density at radius 3 is 2.65 bits per heavy atom. The summed E-state index contributed by atoms with van der Waals surface area (Å²) in [5.74, 6) is 0.865. The Kier molecular flexibility index (Phi) is 10.4. The van der Waals surface area contributed by atoms with Crippen molar-refractivity contribution in [1.82, 2.24) is 15.5 Å². The highest BCUT2D eigenvalue weighted by Gasteiger charge is 2.30. The van der Waals surface area contributed by atoms with E-state index in [4.69, 9.17) is 4.74 Å². The average molecular weight is 445 g/mol. The Balaban J connectivity index is 1.82. The number of likely N-dealkylation sites (tertiary alicyclic amines) is 1. The minimum Gasteiger partial charge on any atom is -0.488 e. The number of aliphatic hydroxyl groups excluding tert-OH is 1. The van der Waals surface area contributed by atoms with Crippen LogP contribution in [0.1, 0.15) is 45.1 Å². The van der Waals surface area contributed by atoms with Crippen molar-refractivity contribution in [1.29, 1.82) is 0 Å². The summed E-state index contributed by atoms with van der Waals surface area (Å²) in [6.07, 6.45) is -1.62. The lowest BCUT2D eigenvalue weighted by Crippen LogP contribution is -2.41. The monoisotopic (exact) mass is 444 g/mol. The largest absolute Gasteiger partial charge is 0.488 e. The van der Waals surface area contributed by atoms with Crippen LogP contribution in [-0.2, 0) is 6.18 Å². The molecule has 31 heavy (non-hydrogen) atoms. The molecule has 0 aliphatic carbocycles. The third-order valence-electron chi connectivity index (χ3n) is 5.22. The van der Waals surface area contributed by atoms with Gasteiger partial charge in [-0.05, 0) is 57.4 Å². The first-order valence-electron chi connectivity index (χ1n) is 11.1. The molecular formula is C22H35F3N4O2. The van der Waals surface area contributed by atoms with E-state index in [1.807, 2.05) is 13.8 Å². The Morgan fingerprint density at radius 1 is 1.26 bits per heavy atom. The van der Waals surface area contributed by atoms with Crippen molar-refractivity contribution >= 4 is 5.96 Å². The summed E-state index contributed by atoms with van der Waals surface area (Å²) in [5, 5.41) is 16.1. The predicted molar refractivity (Wildman–Crippen MR) is 116 cm³/mol. The zero-order valence-corrected chi connectivity index (χ0v) is 18.4. The SMILES string of the molecule is CCNC(=NCC(CC)Oc1cccc(C(F)(F)F)c1)NCCCN1CCC(O)CC1. The number of nitrogens with zero attached hydrogens (tertiary/aromatic N) is 2. The molecule has 1 atom stereocenters. The van der Waals surface area contributed by atoms with Crippen molar-refractivity contribution in [3.63, 3.8) is 0 Å². The van der Waals surface area contributed by atoms with E-state index in [0.29, 0.717) is 25.5 Å². The van der Waals surface area contributed by atoms with Gasteiger partial charge in [0.05, 0.1) is 18.2 Å². The molecule has 3 N–H and O–H groups in total. The number of nitrogens with one attached hydrogen (secondary N) is 2. The van der Waals surface area contributed by atoms with Crippen LogP contribution in [0.5, 0.6) is 5.75 Å². The number of hydrogen-bond donors (Lipinski definition) is 3. The highest BCUT2D eigenvalue weighted by Crippen LogP contribution is 2.31. The third kappa shape index (κ3) is 9.35. The highest BCUT2D eigenvalue weighted by molar-refractivity contribution is 5.79. The molecule has 1 aliphatic rings. The number of benzene rings is 1. The highest BCUT2D eigenvalue weighted by atomic mass is 19.4. The first-order valence-corrected chi connectivity index (χ1v) is 11.1. The molecule has 1 aromatic carbocycles. The van der Waals surface area contributed by atoms with E-state index in [-0.39, 0.29) is 18.0 Å². The number of hydrogen-bond acceptors (Lipinski definition) is 4. The van der Waals surface area contributed by atoms with Gasteiger partial charge < -0.3 is 25.4 Å². The molecule has 1 aliphatic heterocycles. The lowest BCUT2D eigenvalue weighted by Gasteiger charge is -2.29. The van der Waals surface area contributed by atoms with Crippen LogP contribution in [0, 0.1) is 0 Å². The van der Waals surface area contributed by atoms with Crippen molar-refractivity contribution < 1.29 is 23.0 Å². The summed E-state index contributed by atoms with van der Waals surface area (Å²) in [4.78, 5) is 6.90. The van der Waals surface area contributed by atoms with E-state index in [2.05, 4.69) is 20.5 Å². The van der Waals surface area contributed by atoms with Gasteiger partial charge in [0.25, 0.3) is 0 Å². The number of alkyl halides is 3. The van der Waals surface area contributed by atoms with Gasteiger partial charge in [-0.1, -0.05) is 13.0 Å². The number of aliphatic imine (C=N–C) groups is 1. The van der Waals surface area contributed by atoms with Gasteiger partial charge in [-0.2, -0.15) is 13.2 Å². The van der Waals surface area contributed by atoms with Crippen LogP contribution in [0.3, 0.4) is 0 Å². The fourth-order valence-electron chi connectivity index (χ4n) is 3.38. The molecule has 0 radical (unpaired) electrons. The van der Waals surface area contributed by atoms with Crippen molar-refractivity contribution in [2.45, 2.75) is 57.9 Å². The van der Waals surface area contributed by atoms with Crippen molar-refractivity contribution in [3.05, 3.63) is 29.8 Å². The molecule has 0 amide bonds. The van der Waals surface area contributed by atoms with Gasteiger partial charge in [0.2, 0.25) is 0 Å². The summed E-state index contributed by atoms with van der Waals surface area (Å²) in [5.41, 5.74) is -0.721. The first-order chi connectivity index (χ1) is 14.8. The summed E-state index contributed by atoms with van der Waals surface area (Å²) in [7, 11) is 0. The Bertz CT molecular complexity index is 677. The fourth-order valence-corrected chi connectivity index (χ4v) is 3.38. The summed E-state index contributed by atoms with van der Waals surface area (Å²) in [6, 6.07) is 4.94. The second-order valence-corrected chi connectivity index (χ2v) is 7.75. The molecule has 1 saturated heterocycles. The topological polar surface area (TPSA) is 69.1 Å². The molecule has 1 fully saturated rings. The van der Waals surface area contributed by atoms with Crippen LogP contribution < -0.4 is 15.4 Å². The number of ether oxygens (including phenoxy) is 1.